The van der Waals surface area contributed by atoms with Crippen molar-refractivity contribution in [2.45, 2.75) is 18.5 Å². The Labute approximate surface area is 160 Å². The van der Waals surface area contributed by atoms with E-state index in [0.717, 1.165) is 0 Å². The summed E-state index contributed by atoms with van der Waals surface area (Å²) in [7, 11) is 0. The van der Waals surface area contributed by atoms with Gasteiger partial charge in [0.05, 0.1) is 17.5 Å². The Morgan fingerprint density at radius 2 is 1.81 bits per heavy atom. The van der Waals surface area contributed by atoms with E-state index in [2.05, 4.69) is 10.6 Å². The second-order valence-corrected chi connectivity index (χ2v) is 7.67. The molecule has 27 heavy (non-hydrogen) atoms. The van der Waals surface area contributed by atoms with Crippen molar-refractivity contribution in [3.8, 4) is 0 Å². The maximum atomic E-state index is 13.4. The standard InChI is InChI=1S/C20H16ClN3O3/c1-10-15-16(18(26)24(17(15)25)12-6-4-5-11(21)9-12)20(23-10)13-7-2-3-8-14(13)22-19(20)27/h2-10,15-16,23H,1H3,(H,22,27)/t10-,15-,16+,20+/m1/s1. The molecule has 4 atom stereocenters. The van der Waals surface area contributed by atoms with Crippen molar-refractivity contribution in [1.82, 2.24) is 5.32 Å². The van der Waals surface area contributed by atoms with Gasteiger partial charge < -0.3 is 5.32 Å². The molecule has 0 saturated carbocycles. The Morgan fingerprint density at radius 3 is 2.59 bits per heavy atom. The number of hydrogen-bond donors (Lipinski definition) is 2. The van der Waals surface area contributed by atoms with E-state index < -0.39 is 17.4 Å². The molecular formula is C20H16ClN3O3. The number of para-hydroxylation sites is 1. The molecule has 3 amide bonds. The lowest BCUT2D eigenvalue weighted by Crippen LogP contribution is -2.53. The van der Waals surface area contributed by atoms with Gasteiger partial charge >= 0.3 is 0 Å². The van der Waals surface area contributed by atoms with Crippen LogP contribution in [0.4, 0.5) is 11.4 Å². The first kappa shape index (κ1) is 16.5. The van der Waals surface area contributed by atoms with E-state index in [4.69, 9.17) is 11.6 Å². The summed E-state index contributed by atoms with van der Waals surface area (Å²) in [4.78, 5) is 40.8. The van der Waals surface area contributed by atoms with Crippen molar-refractivity contribution >= 4 is 40.7 Å². The van der Waals surface area contributed by atoms with Gasteiger partial charge in [-0.05, 0) is 31.2 Å². The number of rotatable bonds is 1. The molecule has 0 aliphatic carbocycles. The van der Waals surface area contributed by atoms with E-state index in [1.54, 1.807) is 30.3 Å². The molecule has 2 saturated heterocycles. The smallest absolute Gasteiger partial charge is 0.250 e. The molecule has 7 heteroatoms. The number of hydrogen-bond acceptors (Lipinski definition) is 4. The molecule has 2 N–H and O–H groups in total. The molecule has 3 heterocycles. The van der Waals surface area contributed by atoms with Crippen molar-refractivity contribution in [3.05, 3.63) is 59.1 Å². The molecule has 2 aromatic rings. The zero-order chi connectivity index (χ0) is 18.9. The fraction of sp³-hybridized carbons (Fsp3) is 0.250. The number of carbonyl (C=O) groups is 3. The van der Waals surface area contributed by atoms with Crippen LogP contribution in [-0.2, 0) is 19.9 Å². The predicted octanol–water partition coefficient (Wildman–Crippen LogP) is 2.28. The number of imide groups is 1. The minimum absolute atomic E-state index is 0.294. The van der Waals surface area contributed by atoms with Gasteiger partial charge in [0.1, 0.15) is 5.54 Å². The van der Waals surface area contributed by atoms with Crippen molar-refractivity contribution in [2.24, 2.45) is 11.8 Å². The Balaban J connectivity index is 1.67. The van der Waals surface area contributed by atoms with Crippen LogP contribution in [0, 0.1) is 11.8 Å². The quantitative estimate of drug-likeness (QED) is 0.743. The molecule has 2 fully saturated rings. The number of carbonyl (C=O) groups excluding carboxylic acids is 3. The molecule has 1 spiro atoms. The van der Waals surface area contributed by atoms with E-state index >= 15 is 0 Å². The highest BCUT2D eigenvalue weighted by Gasteiger charge is 2.69. The molecular weight excluding hydrogens is 366 g/mol. The largest absolute Gasteiger partial charge is 0.324 e. The Bertz CT molecular complexity index is 1020. The zero-order valence-corrected chi connectivity index (χ0v) is 15.2. The molecule has 6 nitrogen and oxygen atoms in total. The molecule has 0 radical (unpaired) electrons. The van der Waals surface area contributed by atoms with Crippen molar-refractivity contribution in [2.75, 3.05) is 10.2 Å². The number of anilines is 2. The summed E-state index contributed by atoms with van der Waals surface area (Å²) in [6, 6.07) is 13.6. The van der Waals surface area contributed by atoms with Gasteiger partial charge in [-0.3, -0.25) is 19.7 Å². The minimum atomic E-state index is -1.24. The second kappa shape index (κ2) is 5.41. The third kappa shape index (κ3) is 1.97. The maximum Gasteiger partial charge on any atom is 0.250 e. The monoisotopic (exact) mass is 381 g/mol. The first-order valence-corrected chi connectivity index (χ1v) is 9.15. The summed E-state index contributed by atoms with van der Waals surface area (Å²) in [5, 5.41) is 6.57. The van der Waals surface area contributed by atoms with Gasteiger partial charge in [-0.15, -0.1) is 0 Å². The van der Waals surface area contributed by atoms with E-state index in [9.17, 15) is 14.4 Å². The number of halogens is 1. The van der Waals surface area contributed by atoms with E-state index in [1.807, 2.05) is 25.1 Å². The number of nitrogens with one attached hydrogen (secondary N) is 2. The van der Waals surface area contributed by atoms with E-state index in [0.29, 0.717) is 22.0 Å². The lowest BCUT2D eigenvalue weighted by atomic mass is 9.76. The molecule has 5 rings (SSSR count). The van der Waals surface area contributed by atoms with Crippen LogP contribution in [-0.4, -0.2) is 23.8 Å². The predicted molar refractivity (Wildman–Crippen MR) is 100 cm³/mol. The number of amides is 3. The number of nitrogens with zero attached hydrogens (tertiary/aromatic N) is 1. The van der Waals surface area contributed by atoms with Gasteiger partial charge in [0.2, 0.25) is 17.7 Å². The molecule has 3 aliphatic rings. The fourth-order valence-corrected chi connectivity index (χ4v) is 4.97. The van der Waals surface area contributed by atoms with Crippen molar-refractivity contribution in [3.63, 3.8) is 0 Å². The van der Waals surface area contributed by atoms with Crippen LogP contribution in [0.3, 0.4) is 0 Å². The lowest BCUT2D eigenvalue weighted by molar-refractivity contribution is -0.130. The third-order valence-electron chi connectivity index (χ3n) is 5.84. The normalized spacial score (nSPS) is 31.4. The van der Waals surface area contributed by atoms with Crippen LogP contribution in [0.1, 0.15) is 12.5 Å². The van der Waals surface area contributed by atoms with Crippen LogP contribution in [0.2, 0.25) is 5.02 Å². The topological polar surface area (TPSA) is 78.5 Å². The molecule has 136 valence electrons. The minimum Gasteiger partial charge on any atom is -0.324 e. The Kier molecular flexibility index (Phi) is 3.30. The average molecular weight is 382 g/mol. The summed E-state index contributed by atoms with van der Waals surface area (Å²) >= 11 is 6.05. The lowest BCUT2D eigenvalue weighted by Gasteiger charge is -2.29. The third-order valence-corrected chi connectivity index (χ3v) is 6.07. The van der Waals surface area contributed by atoms with Gasteiger partial charge in [-0.25, -0.2) is 4.90 Å². The van der Waals surface area contributed by atoms with E-state index in [1.165, 1.54) is 4.90 Å². The van der Waals surface area contributed by atoms with Gasteiger partial charge in [-0.1, -0.05) is 35.9 Å². The SMILES string of the molecule is C[C@H]1N[C@]2(C(=O)Nc3ccccc32)[C@@H]2C(=O)N(c3cccc(Cl)c3)C(=O)[C@@H]21. The summed E-state index contributed by atoms with van der Waals surface area (Å²) in [6.45, 7) is 1.84. The number of fused-ring (bicyclic) bond motifs is 4. The van der Waals surface area contributed by atoms with Gasteiger partial charge in [0, 0.05) is 22.3 Å². The van der Waals surface area contributed by atoms with Gasteiger partial charge in [-0.2, -0.15) is 0 Å². The van der Waals surface area contributed by atoms with Gasteiger partial charge in [0.25, 0.3) is 0 Å². The molecule has 0 unspecified atom stereocenters. The molecule has 0 bridgehead atoms. The van der Waals surface area contributed by atoms with Crippen LogP contribution in [0.25, 0.3) is 0 Å². The van der Waals surface area contributed by atoms with Crippen LogP contribution >= 0.6 is 11.6 Å². The van der Waals surface area contributed by atoms with Crippen LogP contribution in [0.15, 0.2) is 48.5 Å². The summed E-state index contributed by atoms with van der Waals surface area (Å²) in [5.74, 6) is -2.40. The fourth-order valence-electron chi connectivity index (χ4n) is 4.79. The first-order valence-electron chi connectivity index (χ1n) is 8.77. The molecule has 3 aliphatic heterocycles. The van der Waals surface area contributed by atoms with Crippen LogP contribution in [0.5, 0.6) is 0 Å². The summed E-state index contributed by atoms with van der Waals surface area (Å²) < 4.78 is 0. The Morgan fingerprint density at radius 1 is 1.04 bits per heavy atom. The highest BCUT2D eigenvalue weighted by atomic mass is 35.5. The average Bonchev–Trinajstić information content (AvgIpc) is 3.20. The first-order chi connectivity index (χ1) is 12.9. The molecule has 2 aromatic carbocycles. The highest BCUT2D eigenvalue weighted by molar-refractivity contribution is 6.31. The van der Waals surface area contributed by atoms with Crippen molar-refractivity contribution < 1.29 is 14.4 Å². The maximum absolute atomic E-state index is 13.4. The summed E-state index contributed by atoms with van der Waals surface area (Å²) in [6.07, 6.45) is 0. The van der Waals surface area contributed by atoms with Crippen LogP contribution < -0.4 is 15.5 Å². The summed E-state index contributed by atoms with van der Waals surface area (Å²) in [5.41, 5.74) is 0.578. The van der Waals surface area contributed by atoms with Gasteiger partial charge in [0.15, 0.2) is 0 Å². The Hall–Kier alpha value is -2.70. The number of benzene rings is 2. The highest BCUT2D eigenvalue weighted by Crippen LogP contribution is 2.53. The second-order valence-electron chi connectivity index (χ2n) is 7.24. The molecule has 0 aromatic heterocycles. The zero-order valence-electron chi connectivity index (χ0n) is 14.4. The van der Waals surface area contributed by atoms with E-state index in [-0.39, 0.29) is 23.8 Å². The van der Waals surface area contributed by atoms with Crippen molar-refractivity contribution in [1.29, 1.82) is 0 Å².